The molecule has 0 aromatic carbocycles. The Bertz CT molecular complexity index is 783. The third-order valence-corrected chi connectivity index (χ3v) is 4.33. The van der Waals surface area contributed by atoms with Gasteiger partial charge in [-0.15, -0.1) is 0 Å². The highest BCUT2D eigenvalue weighted by Gasteiger charge is 2.30. The smallest absolute Gasteiger partial charge is 0.408 e. The van der Waals surface area contributed by atoms with E-state index in [-0.39, 0.29) is 24.7 Å². The molecule has 0 bridgehead atoms. The first-order valence-electron chi connectivity index (χ1n) is 12.7. The summed E-state index contributed by atoms with van der Waals surface area (Å²) >= 11 is 0. The zero-order valence-corrected chi connectivity index (χ0v) is 24.2. The van der Waals surface area contributed by atoms with Gasteiger partial charge in [0.25, 0.3) is 0 Å². The summed E-state index contributed by atoms with van der Waals surface area (Å²) in [4.78, 5) is 73.4. The van der Waals surface area contributed by atoms with Gasteiger partial charge in [-0.1, -0.05) is 27.7 Å². The summed E-state index contributed by atoms with van der Waals surface area (Å²) in [6, 6.07) is -2.28. The molecule has 0 saturated carbocycles. The fourth-order valence-corrected chi connectivity index (χ4v) is 2.94. The van der Waals surface area contributed by atoms with E-state index in [2.05, 4.69) is 10.6 Å². The SMILES string of the molecule is CC(C)C[C@H](NC(=O)OC(C)(C)C)C(=O)OC(=O)CCC(=O)OC(=O)[C@H](CC(C)C)NC(=O)OC(C)(C)C. The molecule has 0 aromatic heterocycles. The average molecular weight is 545 g/mol. The summed E-state index contributed by atoms with van der Waals surface area (Å²) < 4.78 is 19.9. The van der Waals surface area contributed by atoms with Gasteiger partial charge in [-0.25, -0.2) is 19.2 Å². The lowest BCUT2D eigenvalue weighted by Gasteiger charge is -2.23. The molecule has 0 aromatic rings. The normalized spacial score (nSPS) is 13.3. The van der Waals surface area contributed by atoms with Crippen LogP contribution in [0.1, 0.15) is 94.9 Å². The number of amides is 2. The molecular formula is C26H44N2O10. The number of alkyl carbamates (subject to hydrolysis) is 2. The number of hydrogen-bond donors (Lipinski definition) is 2. The molecule has 218 valence electrons. The van der Waals surface area contributed by atoms with Gasteiger partial charge < -0.3 is 29.6 Å². The van der Waals surface area contributed by atoms with Crippen molar-refractivity contribution < 1.29 is 47.7 Å². The first-order valence-corrected chi connectivity index (χ1v) is 12.7. The van der Waals surface area contributed by atoms with Crippen molar-refractivity contribution in [1.82, 2.24) is 10.6 Å². The van der Waals surface area contributed by atoms with E-state index in [1.165, 1.54) is 0 Å². The number of carbonyl (C=O) groups is 6. The van der Waals surface area contributed by atoms with Crippen LogP contribution >= 0.6 is 0 Å². The van der Waals surface area contributed by atoms with Gasteiger partial charge in [0.05, 0.1) is 12.8 Å². The lowest BCUT2D eigenvalue weighted by Crippen LogP contribution is -2.45. The Labute approximate surface area is 224 Å². The number of carbonyl (C=O) groups excluding carboxylic acids is 6. The lowest BCUT2D eigenvalue weighted by molar-refractivity contribution is -0.166. The Kier molecular flexibility index (Phi) is 14.0. The van der Waals surface area contributed by atoms with E-state index in [1.807, 2.05) is 27.7 Å². The van der Waals surface area contributed by atoms with Crippen molar-refractivity contribution in [3.63, 3.8) is 0 Å². The van der Waals surface area contributed by atoms with Crippen molar-refractivity contribution >= 4 is 36.1 Å². The zero-order valence-electron chi connectivity index (χ0n) is 24.2. The predicted molar refractivity (Wildman–Crippen MR) is 137 cm³/mol. The zero-order chi connectivity index (χ0) is 29.8. The van der Waals surface area contributed by atoms with E-state index in [9.17, 15) is 28.8 Å². The topological polar surface area (TPSA) is 163 Å². The average Bonchev–Trinajstić information content (AvgIpc) is 2.67. The van der Waals surface area contributed by atoms with E-state index < -0.39 is 72.2 Å². The minimum atomic E-state index is -1.14. The third kappa shape index (κ3) is 17.3. The minimum Gasteiger partial charge on any atom is -0.444 e. The molecule has 2 atom stereocenters. The quantitative estimate of drug-likeness (QED) is 0.222. The molecule has 0 spiro atoms. The van der Waals surface area contributed by atoms with Gasteiger partial charge in [0.15, 0.2) is 0 Å². The monoisotopic (exact) mass is 544 g/mol. The largest absolute Gasteiger partial charge is 0.444 e. The highest BCUT2D eigenvalue weighted by atomic mass is 16.6. The van der Waals surface area contributed by atoms with Gasteiger partial charge in [-0.2, -0.15) is 0 Å². The molecule has 0 aliphatic carbocycles. The van der Waals surface area contributed by atoms with E-state index in [0.29, 0.717) is 0 Å². The molecule has 0 unspecified atom stereocenters. The Morgan fingerprint density at radius 2 is 0.868 bits per heavy atom. The Morgan fingerprint density at radius 3 is 1.11 bits per heavy atom. The summed E-state index contributed by atoms with van der Waals surface area (Å²) in [6.45, 7) is 17.2. The number of hydrogen-bond acceptors (Lipinski definition) is 10. The summed E-state index contributed by atoms with van der Waals surface area (Å²) in [7, 11) is 0. The van der Waals surface area contributed by atoms with Gasteiger partial charge in [-0.05, 0) is 66.2 Å². The lowest BCUT2D eigenvalue weighted by atomic mass is 10.0. The molecule has 12 heteroatoms. The molecule has 0 heterocycles. The maximum Gasteiger partial charge on any atom is 0.408 e. The van der Waals surface area contributed by atoms with Crippen LogP contribution < -0.4 is 10.6 Å². The number of ether oxygens (including phenoxy) is 4. The molecule has 38 heavy (non-hydrogen) atoms. The van der Waals surface area contributed by atoms with Gasteiger partial charge in [-0.3, -0.25) is 9.59 Å². The molecule has 0 aliphatic rings. The maximum absolute atomic E-state index is 12.5. The second-order valence-corrected chi connectivity index (χ2v) is 11.7. The summed E-state index contributed by atoms with van der Waals surface area (Å²) in [5.74, 6) is -4.12. The van der Waals surface area contributed by atoms with Crippen LogP contribution in [0.2, 0.25) is 0 Å². The summed E-state index contributed by atoms with van der Waals surface area (Å²) in [6.07, 6.45) is -2.41. The molecule has 0 radical (unpaired) electrons. The standard InChI is InChI=1S/C26H44N2O10/c1-15(2)13-17(27-23(33)37-25(5,6)7)21(31)35-19(29)11-12-20(30)36-22(32)18(14-16(3)4)28-24(34)38-26(8,9)10/h15-18H,11-14H2,1-10H3,(H,27,33)(H,28,34)/t17-,18-/m0/s1. The Morgan fingerprint density at radius 1 is 0.579 bits per heavy atom. The second kappa shape index (κ2) is 15.3. The second-order valence-electron chi connectivity index (χ2n) is 11.7. The fraction of sp³-hybridized carbons (Fsp3) is 0.769. The van der Waals surface area contributed by atoms with Gasteiger partial charge in [0, 0.05) is 0 Å². The molecule has 0 aliphatic heterocycles. The van der Waals surface area contributed by atoms with Crippen LogP contribution in [-0.4, -0.2) is 59.3 Å². The first kappa shape index (κ1) is 34.8. The van der Waals surface area contributed by atoms with E-state index in [4.69, 9.17) is 18.9 Å². The Balaban J connectivity index is 4.96. The number of rotatable bonds is 11. The van der Waals surface area contributed by atoms with Crippen LogP contribution in [0.5, 0.6) is 0 Å². The third-order valence-electron chi connectivity index (χ3n) is 4.33. The molecule has 0 fully saturated rings. The van der Waals surface area contributed by atoms with E-state index >= 15 is 0 Å². The Hall–Kier alpha value is -3.18. The van der Waals surface area contributed by atoms with Crippen LogP contribution in [0.25, 0.3) is 0 Å². The van der Waals surface area contributed by atoms with Gasteiger partial charge in [0.1, 0.15) is 23.3 Å². The highest BCUT2D eigenvalue weighted by molar-refractivity contribution is 5.93. The van der Waals surface area contributed by atoms with Crippen LogP contribution in [0.4, 0.5) is 9.59 Å². The molecule has 0 rings (SSSR count). The van der Waals surface area contributed by atoms with Crippen molar-refractivity contribution in [3.8, 4) is 0 Å². The molecule has 12 nitrogen and oxygen atoms in total. The highest BCUT2D eigenvalue weighted by Crippen LogP contribution is 2.13. The van der Waals surface area contributed by atoms with E-state index in [1.54, 1.807) is 41.5 Å². The van der Waals surface area contributed by atoms with Crippen molar-refractivity contribution in [3.05, 3.63) is 0 Å². The maximum atomic E-state index is 12.5. The summed E-state index contributed by atoms with van der Waals surface area (Å²) in [5, 5.41) is 4.78. The minimum absolute atomic E-state index is 0.0216. The van der Waals surface area contributed by atoms with E-state index in [0.717, 1.165) is 0 Å². The van der Waals surface area contributed by atoms with Crippen LogP contribution in [-0.2, 0) is 38.1 Å². The first-order chi connectivity index (χ1) is 17.2. The molecule has 2 N–H and O–H groups in total. The molecular weight excluding hydrogens is 500 g/mol. The van der Waals surface area contributed by atoms with Crippen molar-refractivity contribution in [2.45, 2.75) is 118 Å². The van der Waals surface area contributed by atoms with Crippen LogP contribution in [0, 0.1) is 11.8 Å². The van der Waals surface area contributed by atoms with Crippen molar-refractivity contribution in [2.24, 2.45) is 11.8 Å². The summed E-state index contributed by atoms with van der Waals surface area (Å²) in [5.41, 5.74) is -1.58. The number of esters is 4. The van der Waals surface area contributed by atoms with Crippen molar-refractivity contribution in [2.75, 3.05) is 0 Å². The van der Waals surface area contributed by atoms with Gasteiger partial charge >= 0.3 is 36.1 Å². The predicted octanol–water partition coefficient (Wildman–Crippen LogP) is 3.79. The van der Waals surface area contributed by atoms with Crippen LogP contribution in [0.15, 0.2) is 0 Å². The molecule has 0 saturated heterocycles. The van der Waals surface area contributed by atoms with Crippen LogP contribution in [0.3, 0.4) is 0 Å². The van der Waals surface area contributed by atoms with Gasteiger partial charge in [0.2, 0.25) is 0 Å². The number of nitrogens with one attached hydrogen (secondary N) is 2. The van der Waals surface area contributed by atoms with Crippen molar-refractivity contribution in [1.29, 1.82) is 0 Å². The molecule has 2 amide bonds. The fourth-order valence-electron chi connectivity index (χ4n) is 2.94.